The fraction of sp³-hybridized carbons (Fsp3) is 0.300. The van der Waals surface area contributed by atoms with Gasteiger partial charge in [0, 0.05) is 16.6 Å². The van der Waals surface area contributed by atoms with Crippen molar-refractivity contribution in [3.05, 3.63) is 54.3 Å². The Hall–Kier alpha value is -2.59. The van der Waals surface area contributed by atoms with Crippen molar-refractivity contribution in [1.82, 2.24) is 0 Å². The summed E-state index contributed by atoms with van der Waals surface area (Å²) >= 11 is 1.38. The molecule has 1 saturated heterocycles. The van der Waals surface area contributed by atoms with Crippen molar-refractivity contribution >= 4 is 44.0 Å². The summed E-state index contributed by atoms with van der Waals surface area (Å²) in [4.78, 5) is 19.0. The number of carbonyl (C=O) groups is 1. The third kappa shape index (κ3) is 4.59. The van der Waals surface area contributed by atoms with Crippen LogP contribution in [0.2, 0.25) is 0 Å². The SMILES string of the molecule is COc1ccc(N(CC(=O)Nc2ccc(F)cc2)C2=N[C@@H]3CS(=O)(=O)C[C@@H]3S2)cc1. The number of fused-ring (bicyclic) bond motifs is 1. The number of aliphatic imine (C=N–C) groups is 1. The number of hydrogen-bond donors (Lipinski definition) is 1. The van der Waals surface area contributed by atoms with E-state index in [9.17, 15) is 17.6 Å². The number of hydrogen-bond acceptors (Lipinski definition) is 7. The monoisotopic (exact) mass is 449 g/mol. The Morgan fingerprint density at radius 1 is 1.20 bits per heavy atom. The number of thioether (sulfide) groups is 1. The molecule has 0 aliphatic carbocycles. The van der Waals surface area contributed by atoms with Crippen LogP contribution in [0.3, 0.4) is 0 Å². The maximum atomic E-state index is 13.1. The summed E-state index contributed by atoms with van der Waals surface area (Å²) < 4.78 is 42.0. The van der Waals surface area contributed by atoms with E-state index in [0.29, 0.717) is 16.6 Å². The number of methoxy groups -OCH3 is 1. The molecule has 2 aliphatic heterocycles. The summed E-state index contributed by atoms with van der Waals surface area (Å²) in [6, 6.07) is 12.4. The number of carbonyl (C=O) groups excluding carboxylic acids is 1. The first kappa shape index (κ1) is 20.7. The Labute approximate surface area is 178 Å². The first-order chi connectivity index (χ1) is 14.3. The normalized spacial score (nSPS) is 21.6. The fourth-order valence-corrected chi connectivity index (χ4v) is 7.16. The van der Waals surface area contributed by atoms with Crippen LogP contribution in [0.1, 0.15) is 0 Å². The lowest BCUT2D eigenvalue weighted by Gasteiger charge is -2.24. The number of sulfone groups is 1. The van der Waals surface area contributed by atoms with Gasteiger partial charge in [0.15, 0.2) is 15.0 Å². The molecule has 2 aliphatic rings. The van der Waals surface area contributed by atoms with E-state index in [1.54, 1.807) is 24.1 Å². The van der Waals surface area contributed by atoms with E-state index in [-0.39, 0.29) is 41.1 Å². The summed E-state index contributed by atoms with van der Waals surface area (Å²) in [6.45, 7) is -0.0261. The minimum absolute atomic E-state index is 0.0261. The topological polar surface area (TPSA) is 88.1 Å². The number of halogens is 1. The molecular formula is C20H20FN3O4S2. The average molecular weight is 450 g/mol. The highest BCUT2D eigenvalue weighted by molar-refractivity contribution is 8.15. The lowest BCUT2D eigenvalue weighted by molar-refractivity contribution is -0.114. The van der Waals surface area contributed by atoms with Crippen LogP contribution >= 0.6 is 11.8 Å². The first-order valence-corrected chi connectivity index (χ1v) is 11.9. The van der Waals surface area contributed by atoms with E-state index in [1.165, 1.54) is 36.0 Å². The largest absolute Gasteiger partial charge is 0.497 e. The zero-order valence-corrected chi connectivity index (χ0v) is 17.7. The highest BCUT2D eigenvalue weighted by atomic mass is 32.2. The number of benzene rings is 2. The molecule has 10 heteroatoms. The zero-order chi connectivity index (χ0) is 21.3. The highest BCUT2D eigenvalue weighted by Crippen LogP contribution is 2.37. The van der Waals surface area contributed by atoms with Gasteiger partial charge in [-0.2, -0.15) is 0 Å². The van der Waals surface area contributed by atoms with Gasteiger partial charge < -0.3 is 15.0 Å². The van der Waals surface area contributed by atoms with Crippen molar-refractivity contribution in [1.29, 1.82) is 0 Å². The van der Waals surface area contributed by atoms with Gasteiger partial charge >= 0.3 is 0 Å². The van der Waals surface area contributed by atoms with E-state index >= 15 is 0 Å². The Morgan fingerprint density at radius 2 is 1.90 bits per heavy atom. The minimum Gasteiger partial charge on any atom is -0.497 e. The molecule has 1 N–H and O–H groups in total. The smallest absolute Gasteiger partial charge is 0.244 e. The van der Waals surface area contributed by atoms with Crippen molar-refractivity contribution in [3.63, 3.8) is 0 Å². The van der Waals surface area contributed by atoms with Gasteiger partial charge in [0.1, 0.15) is 18.1 Å². The number of anilines is 2. The Balaban J connectivity index is 1.56. The molecule has 2 atom stereocenters. The molecular weight excluding hydrogens is 429 g/mol. The lowest BCUT2D eigenvalue weighted by atomic mass is 10.2. The Morgan fingerprint density at radius 3 is 2.53 bits per heavy atom. The van der Waals surface area contributed by atoms with Crippen LogP contribution in [0, 0.1) is 5.82 Å². The predicted octanol–water partition coefficient (Wildman–Crippen LogP) is 2.55. The molecule has 4 rings (SSSR count). The van der Waals surface area contributed by atoms with Crippen molar-refractivity contribution in [2.45, 2.75) is 11.3 Å². The second kappa shape index (κ2) is 8.27. The molecule has 0 unspecified atom stereocenters. The molecule has 0 saturated carbocycles. The minimum atomic E-state index is -3.07. The number of amidine groups is 1. The summed E-state index contributed by atoms with van der Waals surface area (Å²) in [7, 11) is -1.50. The maximum Gasteiger partial charge on any atom is 0.244 e. The van der Waals surface area contributed by atoms with Gasteiger partial charge in [0.05, 0.1) is 24.7 Å². The predicted molar refractivity (Wildman–Crippen MR) is 117 cm³/mol. The molecule has 0 radical (unpaired) electrons. The van der Waals surface area contributed by atoms with Crippen LogP contribution in [0.5, 0.6) is 5.75 Å². The van der Waals surface area contributed by atoms with Crippen LogP contribution in [-0.2, 0) is 14.6 Å². The van der Waals surface area contributed by atoms with Gasteiger partial charge in [-0.1, -0.05) is 11.8 Å². The third-order valence-corrected chi connectivity index (χ3v) is 8.10. The third-order valence-electron chi connectivity index (χ3n) is 4.85. The molecule has 7 nitrogen and oxygen atoms in total. The van der Waals surface area contributed by atoms with Crippen molar-refractivity contribution in [2.75, 3.05) is 35.4 Å². The lowest BCUT2D eigenvalue weighted by Crippen LogP contribution is -2.36. The second-order valence-electron chi connectivity index (χ2n) is 7.05. The molecule has 30 heavy (non-hydrogen) atoms. The average Bonchev–Trinajstić information content (AvgIpc) is 3.21. The van der Waals surface area contributed by atoms with Gasteiger partial charge in [0.25, 0.3) is 0 Å². The van der Waals surface area contributed by atoms with Crippen LogP contribution in [0.25, 0.3) is 0 Å². The van der Waals surface area contributed by atoms with Gasteiger partial charge in [-0.05, 0) is 48.5 Å². The van der Waals surface area contributed by atoms with Gasteiger partial charge in [0.2, 0.25) is 5.91 Å². The molecule has 1 fully saturated rings. The van der Waals surface area contributed by atoms with E-state index in [0.717, 1.165) is 5.69 Å². The second-order valence-corrected chi connectivity index (χ2v) is 10.4. The summed E-state index contributed by atoms with van der Waals surface area (Å²) in [5.41, 5.74) is 1.22. The molecule has 2 heterocycles. The van der Waals surface area contributed by atoms with E-state index in [1.807, 2.05) is 12.1 Å². The highest BCUT2D eigenvalue weighted by Gasteiger charge is 2.44. The van der Waals surface area contributed by atoms with Gasteiger partial charge in [-0.3, -0.25) is 9.79 Å². The van der Waals surface area contributed by atoms with Gasteiger partial charge in [-0.25, -0.2) is 12.8 Å². The fourth-order valence-electron chi connectivity index (χ4n) is 3.38. The summed E-state index contributed by atoms with van der Waals surface area (Å²) in [5, 5.41) is 3.22. The maximum absolute atomic E-state index is 13.1. The molecule has 158 valence electrons. The standard InChI is InChI=1S/C20H20FN3O4S2/c1-28-16-8-6-15(7-9-16)24(10-19(25)22-14-4-2-13(21)3-5-14)20-23-17-11-30(26,27)12-18(17)29-20/h2-9,17-18H,10-12H2,1H3,(H,22,25)/t17-,18+/m1/s1. The molecule has 0 spiro atoms. The molecule has 2 aromatic rings. The number of amides is 1. The van der Waals surface area contributed by atoms with Crippen LogP contribution in [0.15, 0.2) is 53.5 Å². The molecule has 0 aromatic heterocycles. The van der Waals surface area contributed by atoms with Crippen LogP contribution in [0.4, 0.5) is 15.8 Å². The van der Waals surface area contributed by atoms with Gasteiger partial charge in [-0.15, -0.1) is 0 Å². The van der Waals surface area contributed by atoms with E-state index in [2.05, 4.69) is 10.3 Å². The number of nitrogens with zero attached hydrogens (tertiary/aromatic N) is 2. The summed E-state index contributed by atoms with van der Waals surface area (Å²) in [5.74, 6) is 0.120. The zero-order valence-electron chi connectivity index (χ0n) is 16.1. The number of nitrogens with one attached hydrogen (secondary N) is 1. The number of rotatable bonds is 5. The number of ether oxygens (including phenoxy) is 1. The molecule has 2 aromatic carbocycles. The van der Waals surface area contributed by atoms with Crippen molar-refractivity contribution in [3.8, 4) is 5.75 Å². The van der Waals surface area contributed by atoms with E-state index < -0.39 is 9.84 Å². The van der Waals surface area contributed by atoms with E-state index in [4.69, 9.17) is 4.74 Å². The first-order valence-electron chi connectivity index (χ1n) is 9.25. The quantitative estimate of drug-likeness (QED) is 0.755. The van der Waals surface area contributed by atoms with Crippen molar-refractivity contribution in [2.24, 2.45) is 4.99 Å². The molecule has 1 amide bonds. The molecule has 0 bridgehead atoms. The summed E-state index contributed by atoms with van der Waals surface area (Å²) in [6.07, 6.45) is 0. The Bertz CT molecular complexity index is 1070. The Kier molecular flexibility index (Phi) is 5.70. The van der Waals surface area contributed by atoms with Crippen molar-refractivity contribution < 1.29 is 22.3 Å². The van der Waals surface area contributed by atoms with Crippen LogP contribution in [-0.4, -0.2) is 55.9 Å². The van der Waals surface area contributed by atoms with Crippen LogP contribution < -0.4 is 15.0 Å².